The molecule has 1 fully saturated rings. The molecule has 0 aromatic heterocycles. The summed E-state index contributed by atoms with van der Waals surface area (Å²) < 4.78 is 5.61. The van der Waals surface area contributed by atoms with Crippen LogP contribution in [0.25, 0.3) is 0 Å². The van der Waals surface area contributed by atoms with E-state index in [9.17, 15) is 4.79 Å². The van der Waals surface area contributed by atoms with Gasteiger partial charge in [-0.15, -0.1) is 0 Å². The monoisotopic (exact) mass is 427 g/mol. The summed E-state index contributed by atoms with van der Waals surface area (Å²) in [6, 6.07) is 6.65. The highest BCUT2D eigenvalue weighted by atomic mass is 16.5. The first kappa shape index (κ1) is 24.1. The summed E-state index contributed by atoms with van der Waals surface area (Å²) in [5.74, 6) is 0.435. The molecule has 3 heteroatoms. The number of carbonyl (C=O) groups excluding carboxylic acids is 1. The Kier molecular flexibility index (Phi) is 8.10. The van der Waals surface area contributed by atoms with Crippen molar-refractivity contribution in [3.05, 3.63) is 29.3 Å². The van der Waals surface area contributed by atoms with Crippen molar-refractivity contribution in [1.29, 1.82) is 0 Å². The van der Waals surface area contributed by atoms with Crippen LogP contribution in [0.15, 0.2) is 18.2 Å². The standard InChI is InChI=1S/C28H45NO2/c1-6-7-8-9-10-11-12-13-18-31-26(30)21-14-15-24-23(19-21)28(4,5)22-16-17-27(2,3)20-25(22)29-24/h14-15,19,22,25,29H,6-13,16-18,20H2,1-5H3/t22-,25-/m0/s1. The van der Waals surface area contributed by atoms with Crippen molar-refractivity contribution in [3.8, 4) is 0 Å². The second kappa shape index (κ2) is 10.4. The van der Waals surface area contributed by atoms with Crippen molar-refractivity contribution in [2.75, 3.05) is 11.9 Å². The smallest absolute Gasteiger partial charge is 0.338 e. The van der Waals surface area contributed by atoms with E-state index in [1.54, 1.807) is 0 Å². The molecule has 0 unspecified atom stereocenters. The topological polar surface area (TPSA) is 38.3 Å². The highest BCUT2D eigenvalue weighted by Crippen LogP contribution is 2.52. The zero-order valence-electron chi connectivity index (χ0n) is 20.7. The van der Waals surface area contributed by atoms with Crippen molar-refractivity contribution >= 4 is 11.7 Å². The Hall–Kier alpha value is -1.51. The Balaban J connectivity index is 1.52. The van der Waals surface area contributed by atoms with E-state index < -0.39 is 0 Å². The molecule has 0 saturated heterocycles. The van der Waals surface area contributed by atoms with Gasteiger partial charge < -0.3 is 10.1 Å². The third-order valence-electron chi connectivity index (χ3n) is 7.84. The molecule has 1 saturated carbocycles. The largest absolute Gasteiger partial charge is 0.462 e. The van der Waals surface area contributed by atoms with E-state index in [0.717, 1.165) is 12.8 Å². The lowest BCUT2D eigenvalue weighted by molar-refractivity contribution is 0.0497. The number of rotatable bonds is 10. The van der Waals surface area contributed by atoms with Crippen LogP contribution in [0.1, 0.15) is 121 Å². The highest BCUT2D eigenvalue weighted by molar-refractivity contribution is 5.90. The molecule has 1 aromatic rings. The summed E-state index contributed by atoms with van der Waals surface area (Å²) in [4.78, 5) is 12.7. The normalized spacial score (nSPS) is 23.4. The van der Waals surface area contributed by atoms with E-state index in [2.05, 4.69) is 52.1 Å². The van der Waals surface area contributed by atoms with Crippen LogP contribution in [-0.4, -0.2) is 18.6 Å². The van der Waals surface area contributed by atoms with E-state index in [0.29, 0.717) is 29.5 Å². The minimum absolute atomic E-state index is 0.0653. The average Bonchev–Trinajstić information content (AvgIpc) is 2.71. The van der Waals surface area contributed by atoms with Crippen LogP contribution in [-0.2, 0) is 10.2 Å². The van der Waals surface area contributed by atoms with Crippen molar-refractivity contribution in [3.63, 3.8) is 0 Å². The van der Waals surface area contributed by atoms with Crippen LogP contribution in [0.5, 0.6) is 0 Å². The number of anilines is 1. The van der Waals surface area contributed by atoms with Gasteiger partial charge in [0, 0.05) is 11.7 Å². The third-order valence-corrected chi connectivity index (χ3v) is 7.84. The summed E-state index contributed by atoms with van der Waals surface area (Å²) in [6.07, 6.45) is 13.7. The second-order valence-corrected chi connectivity index (χ2v) is 11.4. The number of esters is 1. The van der Waals surface area contributed by atoms with Gasteiger partial charge in [-0.2, -0.15) is 0 Å². The van der Waals surface area contributed by atoms with Gasteiger partial charge in [0.2, 0.25) is 0 Å². The SMILES string of the molecule is CCCCCCCCCCOC(=O)c1ccc2c(c1)C(C)(C)[C@H]1CCC(C)(C)C[C@@H]1N2. The molecule has 1 N–H and O–H groups in total. The fraction of sp³-hybridized carbons (Fsp3) is 0.750. The van der Waals surface area contributed by atoms with Gasteiger partial charge in [0.25, 0.3) is 0 Å². The van der Waals surface area contributed by atoms with Gasteiger partial charge in [0.05, 0.1) is 12.2 Å². The first-order valence-electron chi connectivity index (χ1n) is 12.8. The maximum Gasteiger partial charge on any atom is 0.338 e. The van der Waals surface area contributed by atoms with Crippen LogP contribution in [0.2, 0.25) is 0 Å². The van der Waals surface area contributed by atoms with Crippen molar-refractivity contribution in [1.82, 2.24) is 0 Å². The van der Waals surface area contributed by atoms with Crippen molar-refractivity contribution in [2.24, 2.45) is 11.3 Å². The minimum atomic E-state index is -0.173. The van der Waals surface area contributed by atoms with Crippen LogP contribution in [0, 0.1) is 11.3 Å². The quantitative estimate of drug-likeness (QED) is 0.305. The number of benzene rings is 1. The van der Waals surface area contributed by atoms with Gasteiger partial charge in [-0.25, -0.2) is 4.79 Å². The molecular formula is C28H45NO2. The fourth-order valence-electron chi connectivity index (χ4n) is 5.82. The van der Waals surface area contributed by atoms with E-state index in [1.165, 1.54) is 69.0 Å². The van der Waals surface area contributed by atoms with Gasteiger partial charge >= 0.3 is 5.97 Å². The Morgan fingerprint density at radius 1 is 1.03 bits per heavy atom. The molecule has 0 amide bonds. The predicted octanol–water partition coefficient (Wildman–Crippen LogP) is 7.88. The Morgan fingerprint density at radius 2 is 1.71 bits per heavy atom. The number of nitrogens with one attached hydrogen (secondary N) is 1. The van der Waals surface area contributed by atoms with Gasteiger partial charge in [-0.3, -0.25) is 0 Å². The molecule has 1 aliphatic heterocycles. The molecule has 3 rings (SSSR count). The third kappa shape index (κ3) is 6.05. The van der Waals surface area contributed by atoms with E-state index in [1.807, 2.05) is 6.07 Å². The van der Waals surface area contributed by atoms with Gasteiger partial charge in [0.1, 0.15) is 0 Å². The second-order valence-electron chi connectivity index (χ2n) is 11.4. The first-order chi connectivity index (χ1) is 14.7. The van der Waals surface area contributed by atoms with Crippen molar-refractivity contribution in [2.45, 2.75) is 117 Å². The maximum atomic E-state index is 12.7. The van der Waals surface area contributed by atoms with E-state index in [-0.39, 0.29) is 11.4 Å². The lowest BCUT2D eigenvalue weighted by Crippen LogP contribution is -2.50. The molecule has 1 aliphatic carbocycles. The Morgan fingerprint density at radius 3 is 2.42 bits per heavy atom. The number of fused-ring (bicyclic) bond motifs is 2. The molecule has 2 atom stereocenters. The summed E-state index contributed by atoms with van der Waals surface area (Å²) in [5, 5.41) is 3.81. The molecule has 0 radical (unpaired) electrons. The van der Waals surface area contributed by atoms with Crippen LogP contribution in [0.4, 0.5) is 5.69 Å². The summed E-state index contributed by atoms with van der Waals surface area (Å²) in [6.45, 7) is 12.3. The molecule has 174 valence electrons. The zero-order valence-corrected chi connectivity index (χ0v) is 20.7. The number of unbranched alkanes of at least 4 members (excludes halogenated alkanes) is 7. The molecule has 3 nitrogen and oxygen atoms in total. The molecule has 2 aliphatic rings. The Bertz CT molecular complexity index is 737. The number of carbonyl (C=O) groups is 1. The van der Waals surface area contributed by atoms with Gasteiger partial charge in [-0.05, 0) is 66.2 Å². The Labute approximate surface area is 190 Å². The molecule has 1 aromatic carbocycles. The van der Waals surface area contributed by atoms with E-state index in [4.69, 9.17) is 4.74 Å². The molecular weight excluding hydrogens is 382 g/mol. The predicted molar refractivity (Wildman–Crippen MR) is 131 cm³/mol. The number of hydrogen-bond acceptors (Lipinski definition) is 3. The number of ether oxygens (including phenoxy) is 1. The lowest BCUT2D eigenvalue weighted by Gasteiger charge is -2.52. The van der Waals surface area contributed by atoms with E-state index >= 15 is 0 Å². The summed E-state index contributed by atoms with van der Waals surface area (Å²) >= 11 is 0. The van der Waals surface area contributed by atoms with Gasteiger partial charge in [0.15, 0.2) is 0 Å². The highest BCUT2D eigenvalue weighted by Gasteiger charge is 2.46. The lowest BCUT2D eigenvalue weighted by atomic mass is 9.58. The number of hydrogen-bond donors (Lipinski definition) is 1. The minimum Gasteiger partial charge on any atom is -0.462 e. The molecule has 0 spiro atoms. The van der Waals surface area contributed by atoms with Gasteiger partial charge in [-0.1, -0.05) is 79.6 Å². The fourth-order valence-corrected chi connectivity index (χ4v) is 5.82. The summed E-state index contributed by atoms with van der Waals surface area (Å²) in [5.41, 5.74) is 3.64. The van der Waals surface area contributed by atoms with Crippen molar-refractivity contribution < 1.29 is 9.53 Å². The van der Waals surface area contributed by atoms with Crippen LogP contribution < -0.4 is 5.32 Å². The maximum absolute atomic E-state index is 12.7. The summed E-state index contributed by atoms with van der Waals surface area (Å²) in [7, 11) is 0. The molecule has 1 heterocycles. The van der Waals surface area contributed by atoms with Crippen LogP contribution in [0.3, 0.4) is 0 Å². The first-order valence-corrected chi connectivity index (χ1v) is 12.8. The zero-order chi connectivity index (χ0) is 22.5. The average molecular weight is 428 g/mol. The molecule has 31 heavy (non-hydrogen) atoms. The molecule has 0 bridgehead atoms. The van der Waals surface area contributed by atoms with Crippen LogP contribution >= 0.6 is 0 Å².